The van der Waals surface area contributed by atoms with Crippen LogP contribution in [0.3, 0.4) is 0 Å². The highest BCUT2D eigenvalue weighted by molar-refractivity contribution is 6.06. The first-order valence-electron chi connectivity index (χ1n) is 10.4. The van der Waals surface area contributed by atoms with E-state index in [1.807, 2.05) is 80.6 Å². The standard InChI is InChI=1S/C26H26N2O2/c1-17-6-10-22(11-7-17)26(30)28-23-5-3-4-18(2)24(23)20-12-14-21(15-13-20)25(29)27-16-19-8-9-19/h3-7,10-15,19H,8-9,16H2,1-2H3,(H,27,29)(H,28,30). The fourth-order valence-electron chi connectivity index (χ4n) is 3.50. The summed E-state index contributed by atoms with van der Waals surface area (Å²) in [5.74, 6) is 0.476. The number of carbonyl (C=O) groups excluding carboxylic acids is 2. The highest BCUT2D eigenvalue weighted by Crippen LogP contribution is 2.32. The Kier molecular flexibility index (Phi) is 5.66. The molecule has 0 aliphatic heterocycles. The second kappa shape index (κ2) is 8.54. The van der Waals surface area contributed by atoms with Crippen molar-refractivity contribution in [2.45, 2.75) is 26.7 Å². The van der Waals surface area contributed by atoms with Gasteiger partial charge in [0.05, 0.1) is 0 Å². The first kappa shape index (κ1) is 19.9. The molecule has 152 valence electrons. The average molecular weight is 399 g/mol. The molecule has 0 bridgehead atoms. The number of amides is 2. The molecule has 30 heavy (non-hydrogen) atoms. The predicted molar refractivity (Wildman–Crippen MR) is 121 cm³/mol. The highest BCUT2D eigenvalue weighted by Gasteiger charge is 2.22. The van der Waals surface area contributed by atoms with Crippen LogP contribution in [0, 0.1) is 19.8 Å². The number of hydrogen-bond donors (Lipinski definition) is 2. The second-order valence-electron chi connectivity index (χ2n) is 8.05. The third-order valence-electron chi connectivity index (χ3n) is 5.52. The molecule has 1 aliphatic carbocycles. The van der Waals surface area contributed by atoms with Crippen LogP contribution in [0.25, 0.3) is 11.1 Å². The zero-order valence-corrected chi connectivity index (χ0v) is 17.4. The fraction of sp³-hybridized carbons (Fsp3) is 0.231. The van der Waals surface area contributed by atoms with Crippen LogP contribution >= 0.6 is 0 Å². The smallest absolute Gasteiger partial charge is 0.255 e. The molecule has 0 radical (unpaired) electrons. The molecule has 3 aromatic carbocycles. The summed E-state index contributed by atoms with van der Waals surface area (Å²) >= 11 is 0. The minimum absolute atomic E-state index is 0.0360. The Bertz CT molecular complexity index is 1070. The molecule has 1 saturated carbocycles. The maximum atomic E-state index is 12.7. The lowest BCUT2D eigenvalue weighted by Crippen LogP contribution is -2.25. The average Bonchev–Trinajstić information content (AvgIpc) is 3.57. The number of nitrogens with one attached hydrogen (secondary N) is 2. The van der Waals surface area contributed by atoms with Crippen LogP contribution in [0.1, 0.15) is 44.7 Å². The zero-order valence-electron chi connectivity index (χ0n) is 17.4. The Hall–Kier alpha value is -3.40. The molecule has 0 atom stereocenters. The van der Waals surface area contributed by atoms with E-state index in [1.165, 1.54) is 12.8 Å². The number of benzene rings is 3. The number of aryl methyl sites for hydroxylation is 2. The van der Waals surface area contributed by atoms with Gasteiger partial charge < -0.3 is 10.6 Å². The third kappa shape index (κ3) is 4.60. The Morgan fingerprint density at radius 2 is 1.47 bits per heavy atom. The van der Waals surface area contributed by atoms with E-state index in [0.29, 0.717) is 17.0 Å². The Morgan fingerprint density at radius 3 is 2.13 bits per heavy atom. The van der Waals surface area contributed by atoms with Gasteiger partial charge >= 0.3 is 0 Å². The van der Waals surface area contributed by atoms with E-state index in [2.05, 4.69) is 10.6 Å². The van der Waals surface area contributed by atoms with Gasteiger partial charge in [-0.1, -0.05) is 42.0 Å². The molecule has 4 heteroatoms. The Morgan fingerprint density at radius 1 is 0.833 bits per heavy atom. The van der Waals surface area contributed by atoms with Crippen molar-refractivity contribution >= 4 is 17.5 Å². The topological polar surface area (TPSA) is 58.2 Å². The molecule has 3 aromatic rings. The molecule has 0 spiro atoms. The lowest BCUT2D eigenvalue weighted by atomic mass is 9.97. The van der Waals surface area contributed by atoms with E-state index in [1.54, 1.807) is 0 Å². The zero-order chi connectivity index (χ0) is 21.1. The van der Waals surface area contributed by atoms with Gasteiger partial charge in [0.2, 0.25) is 0 Å². The van der Waals surface area contributed by atoms with Crippen molar-refractivity contribution in [3.8, 4) is 11.1 Å². The normalized spacial score (nSPS) is 13.0. The first-order valence-corrected chi connectivity index (χ1v) is 10.4. The number of hydrogen-bond acceptors (Lipinski definition) is 2. The third-order valence-corrected chi connectivity index (χ3v) is 5.52. The van der Waals surface area contributed by atoms with Crippen molar-refractivity contribution in [2.75, 3.05) is 11.9 Å². The summed E-state index contributed by atoms with van der Waals surface area (Å²) in [7, 11) is 0. The van der Waals surface area contributed by atoms with E-state index < -0.39 is 0 Å². The van der Waals surface area contributed by atoms with Crippen LogP contribution in [0.4, 0.5) is 5.69 Å². The van der Waals surface area contributed by atoms with Crippen molar-refractivity contribution in [1.82, 2.24) is 5.32 Å². The summed E-state index contributed by atoms with van der Waals surface area (Å²) in [6, 6.07) is 20.9. The van der Waals surface area contributed by atoms with Crippen molar-refractivity contribution < 1.29 is 9.59 Å². The quantitative estimate of drug-likeness (QED) is 0.587. The van der Waals surface area contributed by atoms with Gasteiger partial charge in [0.1, 0.15) is 0 Å². The second-order valence-corrected chi connectivity index (χ2v) is 8.05. The molecule has 1 fully saturated rings. The molecule has 0 heterocycles. The minimum Gasteiger partial charge on any atom is -0.352 e. The minimum atomic E-state index is -0.141. The molecule has 2 N–H and O–H groups in total. The maximum absolute atomic E-state index is 12.7. The van der Waals surface area contributed by atoms with Crippen LogP contribution in [-0.2, 0) is 0 Å². The van der Waals surface area contributed by atoms with Crippen molar-refractivity contribution in [3.63, 3.8) is 0 Å². The van der Waals surface area contributed by atoms with Gasteiger partial charge in [0, 0.05) is 28.9 Å². The van der Waals surface area contributed by atoms with E-state index >= 15 is 0 Å². The van der Waals surface area contributed by atoms with Crippen LogP contribution in [0.15, 0.2) is 66.7 Å². The molecule has 1 aliphatic rings. The fourth-order valence-corrected chi connectivity index (χ4v) is 3.50. The molecule has 2 amide bonds. The molecular weight excluding hydrogens is 372 g/mol. The summed E-state index contributed by atoms with van der Waals surface area (Å²) in [4.78, 5) is 25.0. The van der Waals surface area contributed by atoms with Gasteiger partial charge in [-0.3, -0.25) is 9.59 Å². The van der Waals surface area contributed by atoms with Crippen LogP contribution in [0.5, 0.6) is 0 Å². The first-order chi connectivity index (χ1) is 14.5. The summed E-state index contributed by atoms with van der Waals surface area (Å²) in [5, 5.41) is 6.04. The molecule has 4 nitrogen and oxygen atoms in total. The number of carbonyl (C=O) groups is 2. The lowest BCUT2D eigenvalue weighted by Gasteiger charge is -2.15. The van der Waals surface area contributed by atoms with E-state index in [4.69, 9.17) is 0 Å². The molecule has 4 rings (SSSR count). The largest absolute Gasteiger partial charge is 0.352 e. The summed E-state index contributed by atoms with van der Waals surface area (Å²) < 4.78 is 0. The van der Waals surface area contributed by atoms with E-state index in [9.17, 15) is 9.59 Å². The summed E-state index contributed by atoms with van der Waals surface area (Å²) in [5.41, 5.74) is 6.13. The molecule has 0 unspecified atom stereocenters. The Labute approximate surface area is 177 Å². The number of anilines is 1. The van der Waals surface area contributed by atoms with Crippen molar-refractivity contribution in [3.05, 3.63) is 89.0 Å². The van der Waals surface area contributed by atoms with Gasteiger partial charge in [0.15, 0.2) is 0 Å². The van der Waals surface area contributed by atoms with E-state index in [-0.39, 0.29) is 11.8 Å². The predicted octanol–water partition coefficient (Wildman–Crippen LogP) is 5.36. The van der Waals surface area contributed by atoms with Gasteiger partial charge in [-0.2, -0.15) is 0 Å². The SMILES string of the molecule is Cc1ccc(C(=O)Nc2cccc(C)c2-c2ccc(C(=O)NCC3CC3)cc2)cc1. The number of rotatable bonds is 6. The van der Waals surface area contributed by atoms with Crippen molar-refractivity contribution in [1.29, 1.82) is 0 Å². The summed E-state index contributed by atoms with van der Waals surface area (Å²) in [6.45, 7) is 4.77. The van der Waals surface area contributed by atoms with Crippen LogP contribution < -0.4 is 10.6 Å². The molecule has 0 aromatic heterocycles. The monoisotopic (exact) mass is 398 g/mol. The van der Waals surface area contributed by atoms with Gasteiger partial charge in [-0.15, -0.1) is 0 Å². The molecule has 0 saturated heterocycles. The molecular formula is C26H26N2O2. The van der Waals surface area contributed by atoms with Crippen molar-refractivity contribution in [2.24, 2.45) is 5.92 Å². The maximum Gasteiger partial charge on any atom is 0.255 e. The lowest BCUT2D eigenvalue weighted by molar-refractivity contribution is 0.0951. The summed E-state index contributed by atoms with van der Waals surface area (Å²) in [6.07, 6.45) is 2.42. The van der Waals surface area contributed by atoms with E-state index in [0.717, 1.165) is 34.5 Å². The van der Waals surface area contributed by atoms with Crippen LogP contribution in [-0.4, -0.2) is 18.4 Å². The van der Waals surface area contributed by atoms with Gasteiger partial charge in [0.25, 0.3) is 11.8 Å². The highest BCUT2D eigenvalue weighted by atomic mass is 16.2. The van der Waals surface area contributed by atoms with Gasteiger partial charge in [-0.05, 0) is 74.1 Å². The van der Waals surface area contributed by atoms with Gasteiger partial charge in [-0.25, -0.2) is 0 Å². The van der Waals surface area contributed by atoms with Crippen LogP contribution in [0.2, 0.25) is 0 Å². The Balaban J connectivity index is 1.55.